The second-order valence-electron chi connectivity index (χ2n) is 2.97. The molecular formula is C10H19NO. The van der Waals surface area contributed by atoms with Crippen LogP contribution in [0.1, 0.15) is 13.3 Å². The summed E-state index contributed by atoms with van der Waals surface area (Å²) in [6.07, 6.45) is 4.32. The third kappa shape index (κ3) is 6.13. The fourth-order valence-electron chi connectivity index (χ4n) is 0.992. The summed E-state index contributed by atoms with van der Waals surface area (Å²) in [7, 11) is 0. The van der Waals surface area contributed by atoms with Gasteiger partial charge in [-0.25, -0.2) is 0 Å². The topological polar surface area (TPSA) is 23.5 Å². The Morgan fingerprint density at radius 2 is 1.83 bits per heavy atom. The summed E-state index contributed by atoms with van der Waals surface area (Å²) in [4.78, 5) is 2.19. The van der Waals surface area contributed by atoms with E-state index >= 15 is 0 Å². The molecule has 70 valence electrons. The predicted octanol–water partition coefficient (Wildman–Crippen LogP) is 1.43. The molecule has 1 N–H and O–H groups in total. The zero-order valence-corrected chi connectivity index (χ0v) is 7.87. The monoisotopic (exact) mass is 169 g/mol. The Morgan fingerprint density at radius 1 is 1.33 bits per heavy atom. The summed E-state index contributed by atoms with van der Waals surface area (Å²) in [5, 5.41) is 9.06. The standard InChI is InChI=1S/C10H19NO/c1-4-7-11(8-5-2)9-6-10(3)12/h4-5,10,12H,1-2,6-9H2,3H3. The highest BCUT2D eigenvalue weighted by Gasteiger charge is 2.02. The molecule has 0 bridgehead atoms. The summed E-state index contributed by atoms with van der Waals surface area (Å²) in [6.45, 7) is 11.8. The number of aliphatic hydroxyl groups is 1. The van der Waals surface area contributed by atoms with Crippen molar-refractivity contribution in [1.82, 2.24) is 4.90 Å². The van der Waals surface area contributed by atoms with E-state index < -0.39 is 0 Å². The molecule has 0 aliphatic heterocycles. The molecule has 0 radical (unpaired) electrons. The Kier molecular flexibility index (Phi) is 6.72. The molecule has 0 amide bonds. The zero-order valence-electron chi connectivity index (χ0n) is 7.87. The van der Waals surface area contributed by atoms with Crippen molar-refractivity contribution in [3.8, 4) is 0 Å². The quantitative estimate of drug-likeness (QED) is 0.583. The molecule has 1 atom stereocenters. The van der Waals surface area contributed by atoms with Crippen molar-refractivity contribution in [1.29, 1.82) is 0 Å². The van der Waals surface area contributed by atoms with Gasteiger partial charge in [-0.15, -0.1) is 13.2 Å². The summed E-state index contributed by atoms with van der Waals surface area (Å²) in [6, 6.07) is 0. The normalized spacial score (nSPS) is 12.9. The van der Waals surface area contributed by atoms with Crippen LogP contribution in [0.25, 0.3) is 0 Å². The number of hydrogen-bond acceptors (Lipinski definition) is 2. The van der Waals surface area contributed by atoms with Gasteiger partial charge in [0.15, 0.2) is 0 Å². The fourth-order valence-corrected chi connectivity index (χ4v) is 0.992. The van der Waals surface area contributed by atoms with Crippen molar-refractivity contribution in [2.24, 2.45) is 0 Å². The van der Waals surface area contributed by atoms with E-state index in [1.165, 1.54) is 0 Å². The van der Waals surface area contributed by atoms with Gasteiger partial charge in [0.05, 0.1) is 6.10 Å². The molecular weight excluding hydrogens is 150 g/mol. The second kappa shape index (κ2) is 7.07. The first-order valence-electron chi connectivity index (χ1n) is 4.33. The average Bonchev–Trinajstić information content (AvgIpc) is 2.01. The van der Waals surface area contributed by atoms with Gasteiger partial charge in [-0.1, -0.05) is 12.2 Å². The van der Waals surface area contributed by atoms with Gasteiger partial charge in [0, 0.05) is 19.6 Å². The number of nitrogens with zero attached hydrogens (tertiary/aromatic N) is 1. The van der Waals surface area contributed by atoms with Crippen LogP contribution < -0.4 is 0 Å². The van der Waals surface area contributed by atoms with Gasteiger partial charge in [-0.2, -0.15) is 0 Å². The molecule has 12 heavy (non-hydrogen) atoms. The fraction of sp³-hybridized carbons (Fsp3) is 0.600. The van der Waals surface area contributed by atoms with Gasteiger partial charge in [-0.05, 0) is 13.3 Å². The van der Waals surface area contributed by atoms with E-state index in [4.69, 9.17) is 5.11 Å². The molecule has 0 saturated heterocycles. The van der Waals surface area contributed by atoms with Crippen molar-refractivity contribution >= 4 is 0 Å². The number of rotatable bonds is 7. The highest BCUT2D eigenvalue weighted by Crippen LogP contribution is 1.95. The Bertz CT molecular complexity index is 122. The Hall–Kier alpha value is -0.600. The van der Waals surface area contributed by atoms with Crippen LogP contribution in [0.3, 0.4) is 0 Å². The molecule has 1 unspecified atom stereocenters. The lowest BCUT2D eigenvalue weighted by Crippen LogP contribution is -2.27. The first kappa shape index (κ1) is 11.4. The third-order valence-corrected chi connectivity index (χ3v) is 1.64. The largest absolute Gasteiger partial charge is 0.393 e. The van der Waals surface area contributed by atoms with Gasteiger partial charge >= 0.3 is 0 Å². The summed E-state index contributed by atoms with van der Waals surface area (Å²) < 4.78 is 0. The van der Waals surface area contributed by atoms with E-state index in [9.17, 15) is 0 Å². The van der Waals surface area contributed by atoms with Crippen molar-refractivity contribution in [2.45, 2.75) is 19.4 Å². The number of aliphatic hydroxyl groups excluding tert-OH is 1. The molecule has 0 aliphatic carbocycles. The van der Waals surface area contributed by atoms with Gasteiger partial charge in [0.2, 0.25) is 0 Å². The van der Waals surface area contributed by atoms with E-state index in [2.05, 4.69) is 18.1 Å². The first-order valence-corrected chi connectivity index (χ1v) is 4.33. The lowest BCUT2D eigenvalue weighted by Gasteiger charge is -2.19. The molecule has 2 heteroatoms. The Balaban J connectivity index is 3.61. The highest BCUT2D eigenvalue weighted by atomic mass is 16.3. The van der Waals surface area contributed by atoms with Crippen LogP contribution >= 0.6 is 0 Å². The van der Waals surface area contributed by atoms with Gasteiger partial charge in [0.1, 0.15) is 0 Å². The minimum Gasteiger partial charge on any atom is -0.393 e. The van der Waals surface area contributed by atoms with Crippen LogP contribution in [0.4, 0.5) is 0 Å². The van der Waals surface area contributed by atoms with Crippen molar-refractivity contribution < 1.29 is 5.11 Å². The molecule has 0 aromatic heterocycles. The van der Waals surface area contributed by atoms with Crippen LogP contribution in [0.5, 0.6) is 0 Å². The molecule has 0 heterocycles. The van der Waals surface area contributed by atoms with Gasteiger partial charge < -0.3 is 5.11 Å². The van der Waals surface area contributed by atoms with Crippen LogP contribution in [0.15, 0.2) is 25.3 Å². The lowest BCUT2D eigenvalue weighted by molar-refractivity contribution is 0.164. The number of hydrogen-bond donors (Lipinski definition) is 1. The third-order valence-electron chi connectivity index (χ3n) is 1.64. The summed E-state index contributed by atoms with van der Waals surface area (Å²) >= 11 is 0. The van der Waals surface area contributed by atoms with Crippen molar-refractivity contribution in [2.75, 3.05) is 19.6 Å². The van der Waals surface area contributed by atoms with E-state index in [0.29, 0.717) is 0 Å². The smallest absolute Gasteiger partial charge is 0.0524 e. The van der Waals surface area contributed by atoms with Crippen LogP contribution in [0.2, 0.25) is 0 Å². The summed E-state index contributed by atoms with van der Waals surface area (Å²) in [5.74, 6) is 0. The minimum atomic E-state index is -0.220. The molecule has 0 aromatic rings. The average molecular weight is 169 g/mol. The maximum atomic E-state index is 9.06. The molecule has 0 saturated carbocycles. The Labute approximate surface area is 75.2 Å². The zero-order chi connectivity index (χ0) is 9.40. The van der Waals surface area contributed by atoms with E-state index in [0.717, 1.165) is 26.1 Å². The predicted molar refractivity (Wildman–Crippen MR) is 53.1 cm³/mol. The maximum Gasteiger partial charge on any atom is 0.0524 e. The molecule has 0 aliphatic rings. The van der Waals surface area contributed by atoms with Gasteiger partial charge in [0.25, 0.3) is 0 Å². The van der Waals surface area contributed by atoms with Crippen LogP contribution in [0, 0.1) is 0 Å². The van der Waals surface area contributed by atoms with Crippen molar-refractivity contribution in [3.63, 3.8) is 0 Å². The van der Waals surface area contributed by atoms with E-state index in [1.54, 1.807) is 6.92 Å². The van der Waals surface area contributed by atoms with Crippen LogP contribution in [-0.4, -0.2) is 35.7 Å². The lowest BCUT2D eigenvalue weighted by atomic mass is 10.2. The summed E-state index contributed by atoms with van der Waals surface area (Å²) in [5.41, 5.74) is 0. The minimum absolute atomic E-state index is 0.220. The van der Waals surface area contributed by atoms with E-state index in [1.807, 2.05) is 12.2 Å². The molecule has 2 nitrogen and oxygen atoms in total. The molecule has 0 aromatic carbocycles. The highest BCUT2D eigenvalue weighted by molar-refractivity contribution is 4.79. The van der Waals surface area contributed by atoms with Crippen LogP contribution in [-0.2, 0) is 0 Å². The molecule has 0 fully saturated rings. The maximum absolute atomic E-state index is 9.06. The second-order valence-corrected chi connectivity index (χ2v) is 2.97. The Morgan fingerprint density at radius 3 is 2.17 bits per heavy atom. The van der Waals surface area contributed by atoms with Gasteiger partial charge in [-0.3, -0.25) is 4.90 Å². The van der Waals surface area contributed by atoms with E-state index in [-0.39, 0.29) is 6.10 Å². The first-order chi connectivity index (χ1) is 5.70. The van der Waals surface area contributed by atoms with Crippen molar-refractivity contribution in [3.05, 3.63) is 25.3 Å². The molecule has 0 rings (SSSR count). The SMILES string of the molecule is C=CCN(CC=C)CCC(C)O. The molecule has 0 spiro atoms.